The minimum atomic E-state index is 0.865. The minimum absolute atomic E-state index is 0.865. The molecule has 0 fully saturated rings. The van der Waals surface area contributed by atoms with E-state index in [9.17, 15) is 0 Å². The summed E-state index contributed by atoms with van der Waals surface area (Å²) >= 11 is 0. The Kier molecular flexibility index (Phi) is 5.28. The average molecular weight is 587 g/mol. The third kappa shape index (κ3) is 3.57. The fourth-order valence-corrected chi connectivity index (χ4v) is 7.35. The molecule has 0 unspecified atom stereocenters. The molecule has 3 aromatic heterocycles. The maximum absolute atomic E-state index is 6.77. The third-order valence-corrected chi connectivity index (χ3v) is 9.39. The molecule has 0 aliphatic carbocycles. The van der Waals surface area contributed by atoms with Gasteiger partial charge in [0.15, 0.2) is 5.58 Å². The van der Waals surface area contributed by atoms with Gasteiger partial charge >= 0.3 is 0 Å². The van der Waals surface area contributed by atoms with Gasteiger partial charge < -0.3 is 4.42 Å². The molecular formula is C43H26N2O. The smallest absolute Gasteiger partial charge is 0.160 e. The average Bonchev–Trinajstić information content (AvgIpc) is 3.69. The zero-order valence-corrected chi connectivity index (χ0v) is 24.8. The van der Waals surface area contributed by atoms with Gasteiger partial charge in [0.1, 0.15) is 11.4 Å². The Labute approximate surface area is 264 Å². The van der Waals surface area contributed by atoms with Crippen molar-refractivity contribution in [3.05, 3.63) is 158 Å². The number of hydrogen-bond acceptors (Lipinski definition) is 2. The molecule has 0 spiro atoms. The normalized spacial score (nSPS) is 11.9. The molecule has 10 aromatic rings. The molecule has 214 valence electrons. The summed E-state index contributed by atoms with van der Waals surface area (Å²) in [6.45, 7) is 0. The first-order valence-corrected chi connectivity index (χ1v) is 15.6. The highest BCUT2D eigenvalue weighted by atomic mass is 16.3. The van der Waals surface area contributed by atoms with E-state index in [-0.39, 0.29) is 0 Å². The molecule has 0 N–H and O–H groups in total. The largest absolute Gasteiger partial charge is 0.454 e. The number of aromatic nitrogens is 2. The Morgan fingerprint density at radius 3 is 1.85 bits per heavy atom. The van der Waals surface area contributed by atoms with E-state index in [1.807, 2.05) is 6.07 Å². The fourth-order valence-electron chi connectivity index (χ4n) is 7.35. The number of furan rings is 1. The van der Waals surface area contributed by atoms with Crippen molar-refractivity contribution in [1.82, 2.24) is 9.55 Å². The fraction of sp³-hybridized carbons (Fsp3) is 0. The Morgan fingerprint density at radius 1 is 0.457 bits per heavy atom. The first-order chi connectivity index (χ1) is 22.8. The van der Waals surface area contributed by atoms with Crippen molar-refractivity contribution < 1.29 is 4.42 Å². The van der Waals surface area contributed by atoms with Gasteiger partial charge in [-0.1, -0.05) is 133 Å². The SMILES string of the molecule is c1ccc(-c2ccc(-c3cc(-n4c5ccccc5c5c6ccccc6c6c7ccccc7oc6c54)nc4ccccc34)cc2)cc1. The summed E-state index contributed by atoms with van der Waals surface area (Å²) in [6, 6.07) is 55.8. The summed E-state index contributed by atoms with van der Waals surface area (Å²) in [5.41, 5.74) is 9.57. The molecule has 3 heteroatoms. The number of pyridine rings is 1. The Morgan fingerprint density at radius 2 is 1.04 bits per heavy atom. The summed E-state index contributed by atoms with van der Waals surface area (Å²) in [5, 5.41) is 8.16. The lowest BCUT2D eigenvalue weighted by Crippen LogP contribution is -1.99. The number of nitrogens with zero attached hydrogens (tertiary/aromatic N) is 2. The predicted octanol–water partition coefficient (Wildman–Crippen LogP) is 11.7. The van der Waals surface area contributed by atoms with Gasteiger partial charge in [-0.25, -0.2) is 4.98 Å². The van der Waals surface area contributed by atoms with E-state index in [0.717, 1.165) is 60.8 Å². The molecule has 3 heterocycles. The molecule has 3 nitrogen and oxygen atoms in total. The van der Waals surface area contributed by atoms with E-state index >= 15 is 0 Å². The van der Waals surface area contributed by atoms with Gasteiger partial charge in [0.25, 0.3) is 0 Å². The van der Waals surface area contributed by atoms with E-state index in [2.05, 4.69) is 156 Å². The number of fused-ring (bicyclic) bond motifs is 11. The van der Waals surface area contributed by atoms with E-state index in [4.69, 9.17) is 9.40 Å². The van der Waals surface area contributed by atoms with Crippen molar-refractivity contribution in [2.24, 2.45) is 0 Å². The van der Waals surface area contributed by atoms with Gasteiger partial charge in [0.05, 0.1) is 16.6 Å². The van der Waals surface area contributed by atoms with Crippen molar-refractivity contribution >= 4 is 65.4 Å². The topological polar surface area (TPSA) is 31.0 Å². The van der Waals surface area contributed by atoms with Crippen LogP contribution in [0.5, 0.6) is 0 Å². The van der Waals surface area contributed by atoms with Gasteiger partial charge in [0, 0.05) is 26.9 Å². The summed E-state index contributed by atoms with van der Waals surface area (Å²) in [7, 11) is 0. The van der Waals surface area contributed by atoms with Gasteiger partial charge in [-0.3, -0.25) is 4.57 Å². The summed E-state index contributed by atoms with van der Waals surface area (Å²) in [4.78, 5) is 5.33. The van der Waals surface area contributed by atoms with Crippen molar-refractivity contribution in [3.8, 4) is 28.1 Å². The van der Waals surface area contributed by atoms with Crippen LogP contribution in [0.2, 0.25) is 0 Å². The monoisotopic (exact) mass is 586 g/mol. The zero-order valence-electron chi connectivity index (χ0n) is 24.8. The number of rotatable bonds is 3. The lowest BCUT2D eigenvalue weighted by molar-refractivity contribution is 0.671. The second-order valence-electron chi connectivity index (χ2n) is 11.9. The maximum atomic E-state index is 6.77. The molecular weight excluding hydrogens is 560 g/mol. The van der Waals surface area contributed by atoms with Crippen LogP contribution >= 0.6 is 0 Å². The Balaban J connectivity index is 1.33. The molecule has 46 heavy (non-hydrogen) atoms. The molecule has 7 aromatic carbocycles. The van der Waals surface area contributed by atoms with Crippen LogP contribution in [0.3, 0.4) is 0 Å². The van der Waals surface area contributed by atoms with Crippen LogP contribution in [0.25, 0.3) is 93.5 Å². The Bertz CT molecular complexity index is 2790. The molecule has 0 amide bonds. The molecule has 0 aliphatic rings. The maximum Gasteiger partial charge on any atom is 0.160 e. The first-order valence-electron chi connectivity index (χ1n) is 15.6. The van der Waals surface area contributed by atoms with Crippen LogP contribution in [-0.2, 0) is 0 Å². The highest BCUT2D eigenvalue weighted by molar-refractivity contribution is 6.35. The molecule has 0 atom stereocenters. The summed E-state index contributed by atoms with van der Waals surface area (Å²) < 4.78 is 9.09. The van der Waals surface area contributed by atoms with Crippen molar-refractivity contribution in [2.75, 3.05) is 0 Å². The minimum Gasteiger partial charge on any atom is -0.454 e. The molecule has 0 bridgehead atoms. The highest BCUT2D eigenvalue weighted by Gasteiger charge is 2.23. The van der Waals surface area contributed by atoms with Gasteiger partial charge in [-0.15, -0.1) is 0 Å². The van der Waals surface area contributed by atoms with E-state index < -0.39 is 0 Å². The van der Waals surface area contributed by atoms with E-state index in [1.54, 1.807) is 0 Å². The Hall–Kier alpha value is -6.19. The number of benzene rings is 7. The van der Waals surface area contributed by atoms with Gasteiger partial charge in [0.2, 0.25) is 0 Å². The lowest BCUT2D eigenvalue weighted by Gasteiger charge is -2.14. The standard InChI is InChI=1S/C43H26N2O/c1-2-12-27(13-3-1)28-22-24-29(25-23-28)35-26-39(44-36-19-9-6-14-30(35)36)45-37-20-10-7-17-33(37)40-31-15-4-5-16-32(31)41-34-18-8-11-21-38(34)46-43(41)42(40)45/h1-26H. The van der Waals surface area contributed by atoms with Crippen LogP contribution in [0.15, 0.2) is 162 Å². The van der Waals surface area contributed by atoms with Crippen molar-refractivity contribution in [3.63, 3.8) is 0 Å². The van der Waals surface area contributed by atoms with E-state index in [0.29, 0.717) is 0 Å². The molecule has 0 saturated heterocycles. The quantitative estimate of drug-likeness (QED) is 0.206. The predicted molar refractivity (Wildman–Crippen MR) is 192 cm³/mol. The summed E-state index contributed by atoms with van der Waals surface area (Å²) in [6.07, 6.45) is 0. The second kappa shape index (κ2) is 9.65. The third-order valence-electron chi connectivity index (χ3n) is 9.39. The van der Waals surface area contributed by atoms with Crippen LogP contribution in [0, 0.1) is 0 Å². The van der Waals surface area contributed by atoms with Crippen LogP contribution in [0.4, 0.5) is 0 Å². The van der Waals surface area contributed by atoms with Crippen molar-refractivity contribution in [1.29, 1.82) is 0 Å². The van der Waals surface area contributed by atoms with Crippen LogP contribution in [0.1, 0.15) is 0 Å². The van der Waals surface area contributed by atoms with Gasteiger partial charge in [-0.2, -0.15) is 0 Å². The second-order valence-corrected chi connectivity index (χ2v) is 11.9. The number of para-hydroxylation sites is 3. The molecule has 0 saturated carbocycles. The number of hydrogen-bond donors (Lipinski definition) is 0. The molecule has 0 aliphatic heterocycles. The van der Waals surface area contributed by atoms with Gasteiger partial charge in [-0.05, 0) is 57.3 Å². The molecule has 0 radical (unpaired) electrons. The lowest BCUT2D eigenvalue weighted by atomic mass is 9.97. The summed E-state index contributed by atoms with van der Waals surface area (Å²) in [5.74, 6) is 0.865. The highest BCUT2D eigenvalue weighted by Crippen LogP contribution is 2.46. The van der Waals surface area contributed by atoms with Crippen LogP contribution < -0.4 is 0 Å². The van der Waals surface area contributed by atoms with E-state index in [1.165, 1.54) is 32.7 Å². The first kappa shape index (κ1) is 25.2. The van der Waals surface area contributed by atoms with Crippen molar-refractivity contribution in [2.45, 2.75) is 0 Å². The van der Waals surface area contributed by atoms with Crippen LogP contribution in [-0.4, -0.2) is 9.55 Å². The molecule has 10 rings (SSSR count). The zero-order chi connectivity index (χ0) is 30.2.